The highest BCUT2D eigenvalue weighted by molar-refractivity contribution is 5.37. The van der Waals surface area contributed by atoms with Gasteiger partial charge in [0.05, 0.1) is 0 Å². The third-order valence-corrected chi connectivity index (χ3v) is 1.90. The van der Waals surface area contributed by atoms with Crippen molar-refractivity contribution in [2.45, 2.75) is 39.3 Å². The van der Waals surface area contributed by atoms with E-state index < -0.39 is 5.60 Å². The average Bonchev–Trinajstić information content (AvgIpc) is 2.05. The van der Waals surface area contributed by atoms with Crippen LogP contribution in [-0.2, 0) is 0 Å². The lowest BCUT2D eigenvalue weighted by Crippen LogP contribution is -2.25. The molecule has 0 bridgehead atoms. The zero-order chi connectivity index (χ0) is 11.6. The van der Waals surface area contributed by atoms with Crippen molar-refractivity contribution in [1.29, 1.82) is 0 Å². The summed E-state index contributed by atoms with van der Waals surface area (Å²) >= 11 is 0. The first-order chi connectivity index (χ1) is 6.81. The molecule has 0 aromatic heterocycles. The maximum Gasteiger partial charge on any atom is 0.165 e. The van der Waals surface area contributed by atoms with Gasteiger partial charge in [-0.1, -0.05) is 12.1 Å². The van der Waals surface area contributed by atoms with Crippen molar-refractivity contribution in [3.05, 3.63) is 29.6 Å². The van der Waals surface area contributed by atoms with Gasteiger partial charge in [0.15, 0.2) is 11.6 Å². The summed E-state index contributed by atoms with van der Waals surface area (Å²) in [7, 11) is 0. The predicted molar refractivity (Wildman–Crippen MR) is 59.4 cm³/mol. The normalized spacial score (nSPS) is 13.7. The van der Waals surface area contributed by atoms with Crippen LogP contribution in [0.1, 0.15) is 39.3 Å². The molecule has 0 aliphatic rings. The molecule has 0 saturated carbocycles. The lowest BCUT2D eigenvalue weighted by molar-refractivity contribution is 0.122. The lowest BCUT2D eigenvalue weighted by Gasteiger charge is -2.24. The van der Waals surface area contributed by atoms with E-state index in [4.69, 9.17) is 10.5 Å². The van der Waals surface area contributed by atoms with Crippen LogP contribution in [0.15, 0.2) is 18.2 Å². The molecule has 0 unspecified atom stereocenters. The van der Waals surface area contributed by atoms with E-state index in [1.54, 1.807) is 12.1 Å². The Bertz CT molecular complexity index is 342. The summed E-state index contributed by atoms with van der Waals surface area (Å²) in [6, 6.07) is 4.57. The fourth-order valence-electron chi connectivity index (χ4n) is 1.30. The number of para-hydroxylation sites is 1. The molecule has 1 aromatic rings. The number of nitrogens with two attached hydrogens (primary N) is 1. The van der Waals surface area contributed by atoms with E-state index in [-0.39, 0.29) is 17.6 Å². The highest BCUT2D eigenvalue weighted by Crippen LogP contribution is 2.29. The lowest BCUT2D eigenvalue weighted by atomic mass is 10.1. The van der Waals surface area contributed by atoms with Gasteiger partial charge in [-0.05, 0) is 33.8 Å². The van der Waals surface area contributed by atoms with Crippen LogP contribution in [0.2, 0.25) is 0 Å². The van der Waals surface area contributed by atoms with Crippen LogP contribution in [0.4, 0.5) is 4.39 Å². The van der Waals surface area contributed by atoms with Gasteiger partial charge in [-0.25, -0.2) is 4.39 Å². The molecule has 2 nitrogen and oxygen atoms in total. The van der Waals surface area contributed by atoms with E-state index in [2.05, 4.69) is 0 Å². The molecule has 0 saturated heterocycles. The largest absolute Gasteiger partial charge is 0.485 e. The summed E-state index contributed by atoms with van der Waals surface area (Å²) in [5.41, 5.74) is 6.03. The number of ether oxygens (including phenoxy) is 1. The minimum absolute atomic E-state index is 0.238. The van der Waals surface area contributed by atoms with E-state index in [0.29, 0.717) is 5.56 Å². The summed E-state index contributed by atoms with van der Waals surface area (Å²) in [6.07, 6.45) is 0. The Balaban J connectivity index is 3.14. The fourth-order valence-corrected chi connectivity index (χ4v) is 1.30. The Labute approximate surface area is 90.2 Å². The molecular weight excluding hydrogens is 193 g/mol. The molecule has 1 aromatic carbocycles. The van der Waals surface area contributed by atoms with Crippen LogP contribution in [-0.4, -0.2) is 5.60 Å². The second-order valence-electron chi connectivity index (χ2n) is 4.66. The van der Waals surface area contributed by atoms with E-state index in [0.717, 1.165) is 0 Å². The zero-order valence-corrected chi connectivity index (χ0v) is 9.67. The molecule has 2 N–H and O–H groups in total. The van der Waals surface area contributed by atoms with E-state index in [1.807, 2.05) is 27.7 Å². The van der Waals surface area contributed by atoms with Crippen molar-refractivity contribution in [3.63, 3.8) is 0 Å². The Hall–Kier alpha value is -1.09. The van der Waals surface area contributed by atoms with Gasteiger partial charge in [-0.15, -0.1) is 0 Å². The van der Waals surface area contributed by atoms with Crippen molar-refractivity contribution in [2.75, 3.05) is 0 Å². The molecule has 0 amide bonds. The van der Waals surface area contributed by atoms with Crippen LogP contribution in [0, 0.1) is 5.82 Å². The standard InChI is InChI=1S/C12H18FNO/c1-8(14)9-6-5-7-10(13)11(9)15-12(2,3)4/h5-8H,14H2,1-4H3/t8-/m0/s1. The van der Waals surface area contributed by atoms with Gasteiger partial charge >= 0.3 is 0 Å². The monoisotopic (exact) mass is 211 g/mol. The molecule has 0 aliphatic carbocycles. The Morgan fingerprint density at radius 3 is 2.40 bits per heavy atom. The minimum Gasteiger partial charge on any atom is -0.485 e. The summed E-state index contributed by atoms with van der Waals surface area (Å²) in [5.74, 6) is -0.0975. The van der Waals surface area contributed by atoms with Crippen molar-refractivity contribution in [1.82, 2.24) is 0 Å². The highest BCUT2D eigenvalue weighted by atomic mass is 19.1. The number of hydrogen-bond acceptors (Lipinski definition) is 2. The van der Waals surface area contributed by atoms with Crippen LogP contribution in [0.5, 0.6) is 5.75 Å². The van der Waals surface area contributed by atoms with Crippen molar-refractivity contribution >= 4 is 0 Å². The zero-order valence-electron chi connectivity index (χ0n) is 9.67. The van der Waals surface area contributed by atoms with Gasteiger partial charge in [-0.2, -0.15) is 0 Å². The maximum absolute atomic E-state index is 13.6. The summed E-state index contributed by atoms with van der Waals surface area (Å²) in [6.45, 7) is 7.45. The van der Waals surface area contributed by atoms with Gasteiger partial charge in [0.1, 0.15) is 5.60 Å². The molecule has 3 heteroatoms. The van der Waals surface area contributed by atoms with Crippen LogP contribution in [0.25, 0.3) is 0 Å². The molecule has 1 atom stereocenters. The maximum atomic E-state index is 13.6. The van der Waals surface area contributed by atoms with Crippen LogP contribution < -0.4 is 10.5 Å². The van der Waals surface area contributed by atoms with E-state index in [9.17, 15) is 4.39 Å². The minimum atomic E-state index is -0.425. The fraction of sp³-hybridized carbons (Fsp3) is 0.500. The molecule has 84 valence electrons. The Kier molecular flexibility index (Phi) is 3.35. The van der Waals surface area contributed by atoms with E-state index >= 15 is 0 Å². The Morgan fingerprint density at radius 1 is 1.33 bits per heavy atom. The van der Waals surface area contributed by atoms with Gasteiger partial charge in [0, 0.05) is 11.6 Å². The molecule has 1 rings (SSSR count). The number of rotatable bonds is 2. The predicted octanol–water partition coefficient (Wildman–Crippen LogP) is 3.02. The third kappa shape index (κ3) is 3.20. The molecule has 0 fully saturated rings. The van der Waals surface area contributed by atoms with Gasteiger partial charge in [-0.3, -0.25) is 0 Å². The van der Waals surface area contributed by atoms with Gasteiger partial charge < -0.3 is 10.5 Å². The second kappa shape index (κ2) is 4.19. The summed E-state index contributed by atoms with van der Waals surface area (Å²) < 4.78 is 19.1. The third-order valence-electron chi connectivity index (χ3n) is 1.90. The number of benzene rings is 1. The van der Waals surface area contributed by atoms with E-state index in [1.165, 1.54) is 6.07 Å². The molecule has 0 radical (unpaired) electrons. The first-order valence-corrected chi connectivity index (χ1v) is 5.04. The smallest absolute Gasteiger partial charge is 0.165 e. The van der Waals surface area contributed by atoms with Gasteiger partial charge in [0.2, 0.25) is 0 Å². The highest BCUT2D eigenvalue weighted by Gasteiger charge is 2.19. The Morgan fingerprint density at radius 2 is 1.93 bits per heavy atom. The molecule has 15 heavy (non-hydrogen) atoms. The summed E-state index contributed by atoms with van der Waals surface area (Å²) in [5, 5.41) is 0. The number of halogens is 1. The molecule has 0 spiro atoms. The first-order valence-electron chi connectivity index (χ1n) is 5.04. The SMILES string of the molecule is C[C@H](N)c1cccc(F)c1OC(C)(C)C. The van der Waals surface area contributed by atoms with Gasteiger partial charge in [0.25, 0.3) is 0 Å². The van der Waals surface area contributed by atoms with Crippen LogP contribution >= 0.6 is 0 Å². The number of hydrogen-bond donors (Lipinski definition) is 1. The molecular formula is C12H18FNO. The van der Waals surface area contributed by atoms with Crippen LogP contribution in [0.3, 0.4) is 0 Å². The summed E-state index contributed by atoms with van der Waals surface area (Å²) in [4.78, 5) is 0. The molecule has 0 heterocycles. The van der Waals surface area contributed by atoms with Crippen molar-refractivity contribution in [2.24, 2.45) is 5.73 Å². The topological polar surface area (TPSA) is 35.2 Å². The van der Waals surface area contributed by atoms with Crippen molar-refractivity contribution in [3.8, 4) is 5.75 Å². The quantitative estimate of drug-likeness (QED) is 0.816. The second-order valence-corrected chi connectivity index (χ2v) is 4.66. The van der Waals surface area contributed by atoms with Crippen molar-refractivity contribution < 1.29 is 9.13 Å². The average molecular weight is 211 g/mol. The first kappa shape index (κ1) is 12.0. The molecule has 0 aliphatic heterocycles.